The van der Waals surface area contributed by atoms with E-state index in [-0.39, 0.29) is 5.82 Å². The van der Waals surface area contributed by atoms with Gasteiger partial charge in [0.05, 0.1) is 0 Å². The van der Waals surface area contributed by atoms with Gasteiger partial charge in [0.1, 0.15) is 5.82 Å². The van der Waals surface area contributed by atoms with Crippen molar-refractivity contribution in [3.05, 3.63) is 65.7 Å². The van der Waals surface area contributed by atoms with Gasteiger partial charge in [-0.05, 0) is 41.2 Å². The number of hydrogen-bond acceptors (Lipinski definition) is 5. The summed E-state index contributed by atoms with van der Waals surface area (Å²) in [5.41, 5.74) is 2.38. The molecule has 4 rings (SSSR count). The fraction of sp³-hybridized carbons (Fsp3) is 0.435. The first-order chi connectivity index (χ1) is 17.1. The molecule has 0 aliphatic carbocycles. The number of fused-ring (bicyclic) bond motifs is 1. The summed E-state index contributed by atoms with van der Waals surface area (Å²) < 4.78 is 76.8. The number of alkyl halides is 6. The van der Waals surface area contributed by atoms with Crippen LogP contribution in [-0.2, 0) is 22.7 Å². The van der Waals surface area contributed by atoms with Crippen molar-refractivity contribution in [2.75, 3.05) is 26.2 Å². The van der Waals surface area contributed by atoms with E-state index in [0.29, 0.717) is 0 Å². The predicted molar refractivity (Wildman–Crippen MR) is 116 cm³/mol. The molecule has 204 valence electrons. The zero-order valence-corrected chi connectivity index (χ0v) is 19.2. The zero-order chi connectivity index (χ0) is 27.8. The molecule has 2 fully saturated rings. The fourth-order valence-electron chi connectivity index (χ4n) is 4.09. The van der Waals surface area contributed by atoms with Gasteiger partial charge in [-0.25, -0.2) is 14.0 Å². The number of pyridine rings is 1. The lowest BCUT2D eigenvalue weighted by molar-refractivity contribution is -0.193. The first-order valence-electron chi connectivity index (χ1n) is 10.8. The molecule has 0 saturated carbocycles. The first-order valence-corrected chi connectivity index (χ1v) is 10.8. The summed E-state index contributed by atoms with van der Waals surface area (Å²) in [6.07, 6.45) is -6.38. The summed E-state index contributed by atoms with van der Waals surface area (Å²) in [4.78, 5) is 27.0. The van der Waals surface area contributed by atoms with Crippen molar-refractivity contribution in [1.29, 1.82) is 0 Å². The summed E-state index contributed by atoms with van der Waals surface area (Å²) in [5, 5.41) is 14.2. The Morgan fingerprint density at radius 1 is 0.811 bits per heavy atom. The molecule has 2 saturated heterocycles. The Balaban J connectivity index is 0.000000286. The number of nitrogens with zero attached hydrogens (tertiary/aromatic N) is 3. The van der Waals surface area contributed by atoms with Crippen LogP contribution in [0.5, 0.6) is 0 Å². The second-order valence-electron chi connectivity index (χ2n) is 8.51. The minimum Gasteiger partial charge on any atom is -0.475 e. The second-order valence-corrected chi connectivity index (χ2v) is 8.51. The number of carbonyl (C=O) groups is 2. The van der Waals surface area contributed by atoms with Gasteiger partial charge in [-0.2, -0.15) is 26.3 Å². The molecule has 1 aromatic heterocycles. The summed E-state index contributed by atoms with van der Waals surface area (Å²) in [6, 6.07) is 11.1. The largest absolute Gasteiger partial charge is 0.490 e. The van der Waals surface area contributed by atoms with Gasteiger partial charge >= 0.3 is 24.3 Å². The third kappa shape index (κ3) is 10.3. The van der Waals surface area contributed by atoms with Crippen LogP contribution < -0.4 is 0 Å². The molecule has 2 aliphatic rings. The van der Waals surface area contributed by atoms with Gasteiger partial charge in [-0.3, -0.25) is 14.8 Å². The molecule has 2 aliphatic heterocycles. The van der Waals surface area contributed by atoms with Crippen LogP contribution in [0.3, 0.4) is 0 Å². The Bertz CT molecular complexity index is 997. The van der Waals surface area contributed by atoms with E-state index in [1.165, 1.54) is 24.7 Å². The molecule has 7 nitrogen and oxygen atoms in total. The fourth-order valence-corrected chi connectivity index (χ4v) is 4.09. The van der Waals surface area contributed by atoms with Gasteiger partial charge in [0, 0.05) is 51.7 Å². The number of benzene rings is 1. The lowest BCUT2D eigenvalue weighted by Gasteiger charge is -2.21. The molecular weight excluding hydrogens is 515 g/mol. The molecule has 2 atom stereocenters. The van der Waals surface area contributed by atoms with Crippen LogP contribution in [-0.4, -0.2) is 75.5 Å². The lowest BCUT2D eigenvalue weighted by Crippen LogP contribution is -2.28. The van der Waals surface area contributed by atoms with Crippen molar-refractivity contribution in [1.82, 2.24) is 14.8 Å². The summed E-state index contributed by atoms with van der Waals surface area (Å²) >= 11 is 0. The minimum absolute atomic E-state index is 0.135. The Kier molecular flexibility index (Phi) is 10.4. The molecule has 14 heteroatoms. The standard InChI is InChI=1S/C19H22FN3.2C2HF3O2/c20-19-5-1-3-15(7-19)9-22-11-17-13-23(14-18(17)12-22)10-16-4-2-6-21-8-16;2*3-2(4,5)1(6)7/h1-8,17-18H,9-14H2;2*(H,6,7). The number of rotatable bonds is 4. The van der Waals surface area contributed by atoms with Gasteiger partial charge < -0.3 is 10.2 Å². The maximum absolute atomic E-state index is 13.3. The molecule has 2 N–H and O–H groups in total. The van der Waals surface area contributed by atoms with Crippen LogP contribution >= 0.6 is 0 Å². The number of aliphatic carboxylic acids is 2. The van der Waals surface area contributed by atoms with Crippen molar-refractivity contribution in [2.24, 2.45) is 11.8 Å². The number of aromatic nitrogens is 1. The molecule has 0 bridgehead atoms. The van der Waals surface area contributed by atoms with Crippen molar-refractivity contribution < 1.29 is 50.5 Å². The van der Waals surface area contributed by atoms with Crippen molar-refractivity contribution in [2.45, 2.75) is 25.4 Å². The average molecular weight is 539 g/mol. The topological polar surface area (TPSA) is 94.0 Å². The number of carboxylic acids is 2. The number of likely N-dealkylation sites (tertiary alicyclic amines) is 2. The predicted octanol–water partition coefficient (Wildman–Crippen LogP) is 4.05. The van der Waals surface area contributed by atoms with Crippen molar-refractivity contribution in [3.63, 3.8) is 0 Å². The quantitative estimate of drug-likeness (QED) is 0.567. The lowest BCUT2D eigenvalue weighted by atomic mass is 10.0. The molecule has 0 amide bonds. The highest BCUT2D eigenvalue weighted by atomic mass is 19.4. The smallest absolute Gasteiger partial charge is 0.475 e. The van der Waals surface area contributed by atoms with E-state index in [0.717, 1.165) is 43.6 Å². The van der Waals surface area contributed by atoms with E-state index in [2.05, 4.69) is 20.9 Å². The van der Waals surface area contributed by atoms with E-state index in [4.69, 9.17) is 19.8 Å². The number of carboxylic acid groups (broad SMARTS) is 2. The van der Waals surface area contributed by atoms with E-state index < -0.39 is 24.3 Å². The molecule has 2 aromatic rings. The van der Waals surface area contributed by atoms with Crippen LogP contribution in [0.15, 0.2) is 48.8 Å². The highest BCUT2D eigenvalue weighted by Crippen LogP contribution is 2.32. The van der Waals surface area contributed by atoms with Gasteiger partial charge in [-0.1, -0.05) is 18.2 Å². The number of hydrogen-bond donors (Lipinski definition) is 2. The molecule has 1 aromatic carbocycles. The number of halogens is 7. The molecule has 37 heavy (non-hydrogen) atoms. The molecule has 0 spiro atoms. The van der Waals surface area contributed by atoms with Gasteiger partial charge in [0.2, 0.25) is 0 Å². The SMILES string of the molecule is Fc1cccc(CN2CC3CN(Cc4cccnc4)CC3C2)c1.O=C(O)C(F)(F)F.O=C(O)C(F)(F)F. The summed E-state index contributed by atoms with van der Waals surface area (Å²) in [6.45, 7) is 6.46. The normalized spacial score (nSPS) is 19.8. The van der Waals surface area contributed by atoms with Crippen LogP contribution in [0.4, 0.5) is 30.7 Å². The summed E-state index contributed by atoms with van der Waals surface area (Å²) in [7, 11) is 0. The zero-order valence-electron chi connectivity index (χ0n) is 19.2. The Hall–Kier alpha value is -3.26. The maximum atomic E-state index is 13.3. The molecular formula is C23H24F7N3O4. The molecule has 0 radical (unpaired) electrons. The van der Waals surface area contributed by atoms with Crippen LogP contribution in [0, 0.1) is 17.7 Å². The van der Waals surface area contributed by atoms with Gasteiger partial charge in [-0.15, -0.1) is 0 Å². The molecule has 2 unspecified atom stereocenters. The summed E-state index contributed by atoms with van der Waals surface area (Å²) in [5.74, 6) is -4.15. The van der Waals surface area contributed by atoms with Gasteiger partial charge in [0.15, 0.2) is 0 Å². The van der Waals surface area contributed by atoms with E-state index in [1.54, 1.807) is 12.1 Å². The Morgan fingerprint density at radius 3 is 1.62 bits per heavy atom. The first kappa shape index (κ1) is 30.0. The van der Waals surface area contributed by atoms with Crippen LogP contribution in [0.1, 0.15) is 11.1 Å². The van der Waals surface area contributed by atoms with E-state index >= 15 is 0 Å². The monoisotopic (exact) mass is 539 g/mol. The average Bonchev–Trinajstić information content (AvgIpc) is 3.32. The van der Waals surface area contributed by atoms with Crippen molar-refractivity contribution in [3.8, 4) is 0 Å². The third-order valence-electron chi connectivity index (χ3n) is 5.55. The second kappa shape index (κ2) is 12.8. The van der Waals surface area contributed by atoms with E-state index in [9.17, 15) is 30.7 Å². The Labute approximate surface area is 207 Å². The highest BCUT2D eigenvalue weighted by Gasteiger charge is 2.40. The Morgan fingerprint density at radius 2 is 1.24 bits per heavy atom. The molecule has 3 heterocycles. The third-order valence-corrected chi connectivity index (χ3v) is 5.55. The van der Waals surface area contributed by atoms with E-state index in [1.807, 2.05) is 24.5 Å². The maximum Gasteiger partial charge on any atom is 0.490 e. The van der Waals surface area contributed by atoms with Crippen LogP contribution in [0.25, 0.3) is 0 Å². The van der Waals surface area contributed by atoms with Gasteiger partial charge in [0.25, 0.3) is 0 Å². The van der Waals surface area contributed by atoms with Crippen molar-refractivity contribution >= 4 is 11.9 Å². The minimum atomic E-state index is -5.08. The highest BCUT2D eigenvalue weighted by molar-refractivity contribution is 5.73. The van der Waals surface area contributed by atoms with Crippen LogP contribution in [0.2, 0.25) is 0 Å².